The number of rotatable bonds is 9. The Hall–Kier alpha value is -1.74. The second-order valence-corrected chi connectivity index (χ2v) is 5.94. The zero-order valence-electron chi connectivity index (χ0n) is 13.6. The van der Waals surface area contributed by atoms with Crippen molar-refractivity contribution >= 4 is 11.7 Å². The number of nitrogens with zero attached hydrogens (tertiary/aromatic N) is 3. The van der Waals surface area contributed by atoms with Gasteiger partial charge in [-0.1, -0.05) is 0 Å². The molecule has 0 aliphatic carbocycles. The van der Waals surface area contributed by atoms with Gasteiger partial charge in [0, 0.05) is 18.8 Å². The number of carbonyl (C=O) groups excluding carboxylic acids is 1. The van der Waals surface area contributed by atoms with Crippen LogP contribution in [0.1, 0.15) is 25.7 Å². The minimum atomic E-state index is -2.48. The number of aromatic nitrogens is 2. The molecular formula is C15H25F2N5O2. The fourth-order valence-corrected chi connectivity index (χ4v) is 2.88. The fourth-order valence-electron chi connectivity index (χ4n) is 2.88. The number of anilines is 1. The van der Waals surface area contributed by atoms with E-state index in [1.807, 2.05) is 0 Å². The van der Waals surface area contributed by atoms with Gasteiger partial charge in [0.1, 0.15) is 6.54 Å². The summed E-state index contributed by atoms with van der Waals surface area (Å²) >= 11 is 0. The summed E-state index contributed by atoms with van der Waals surface area (Å²) in [4.78, 5) is 14.0. The molecule has 1 saturated heterocycles. The topological polar surface area (TPSA) is 82.4 Å². The van der Waals surface area contributed by atoms with Gasteiger partial charge >= 0.3 is 6.03 Å². The summed E-state index contributed by atoms with van der Waals surface area (Å²) in [5.74, 6) is 0. The maximum atomic E-state index is 12.2. The van der Waals surface area contributed by atoms with Gasteiger partial charge in [0.15, 0.2) is 0 Å². The van der Waals surface area contributed by atoms with Crippen molar-refractivity contribution < 1.29 is 18.7 Å². The van der Waals surface area contributed by atoms with Gasteiger partial charge in [0.25, 0.3) is 6.43 Å². The molecule has 1 aliphatic heterocycles. The third-order valence-corrected chi connectivity index (χ3v) is 4.08. The number of carbonyl (C=O) groups is 1. The third kappa shape index (κ3) is 6.04. The molecule has 2 heterocycles. The van der Waals surface area contributed by atoms with Crippen molar-refractivity contribution in [1.29, 1.82) is 0 Å². The molecular weight excluding hydrogens is 320 g/mol. The highest BCUT2D eigenvalue weighted by molar-refractivity contribution is 5.88. The molecule has 0 saturated carbocycles. The molecule has 2 rings (SSSR count). The van der Waals surface area contributed by atoms with Crippen LogP contribution in [0.3, 0.4) is 0 Å². The first-order valence-electron chi connectivity index (χ1n) is 8.29. The molecule has 3 N–H and O–H groups in total. The Morgan fingerprint density at radius 2 is 2.29 bits per heavy atom. The molecule has 1 atom stereocenters. The van der Waals surface area contributed by atoms with Crippen LogP contribution in [0.15, 0.2) is 12.4 Å². The number of likely N-dealkylation sites (tertiary alicyclic amines) is 1. The highest BCUT2D eigenvalue weighted by Crippen LogP contribution is 2.16. The van der Waals surface area contributed by atoms with E-state index in [1.54, 1.807) is 0 Å². The Morgan fingerprint density at radius 3 is 3.04 bits per heavy atom. The van der Waals surface area contributed by atoms with Crippen LogP contribution in [0.5, 0.6) is 0 Å². The largest absolute Gasteiger partial charge is 0.395 e. The number of hydrogen-bond acceptors (Lipinski definition) is 4. The lowest BCUT2D eigenvalue weighted by atomic mass is 10.2. The van der Waals surface area contributed by atoms with E-state index in [9.17, 15) is 18.7 Å². The number of unbranched alkanes of at least 4 members (excludes halogenated alkanes) is 1. The minimum absolute atomic E-state index is 0.208. The van der Waals surface area contributed by atoms with Crippen molar-refractivity contribution in [2.75, 3.05) is 31.6 Å². The van der Waals surface area contributed by atoms with E-state index in [2.05, 4.69) is 20.6 Å². The van der Waals surface area contributed by atoms with E-state index >= 15 is 0 Å². The molecule has 1 aromatic heterocycles. The predicted octanol–water partition coefficient (Wildman–Crippen LogP) is 1.51. The lowest BCUT2D eigenvalue weighted by molar-refractivity contribution is 0.122. The summed E-state index contributed by atoms with van der Waals surface area (Å²) in [7, 11) is 0. The quantitative estimate of drug-likeness (QED) is 0.593. The highest BCUT2D eigenvalue weighted by atomic mass is 19.3. The first-order chi connectivity index (χ1) is 11.6. The van der Waals surface area contributed by atoms with Gasteiger partial charge < -0.3 is 15.7 Å². The molecule has 7 nitrogen and oxygen atoms in total. The van der Waals surface area contributed by atoms with Crippen LogP contribution in [0, 0.1) is 0 Å². The SMILES string of the molecule is O=C(NCCCCN1CCCC1CO)Nc1cnn(CC(F)F)c1. The highest BCUT2D eigenvalue weighted by Gasteiger charge is 2.22. The van der Waals surface area contributed by atoms with Crippen molar-refractivity contribution in [2.24, 2.45) is 0 Å². The van der Waals surface area contributed by atoms with E-state index in [0.29, 0.717) is 12.2 Å². The van der Waals surface area contributed by atoms with Gasteiger partial charge in [-0.3, -0.25) is 9.58 Å². The molecule has 1 fully saturated rings. The average Bonchev–Trinajstić information content (AvgIpc) is 3.15. The monoisotopic (exact) mass is 345 g/mol. The van der Waals surface area contributed by atoms with E-state index in [1.165, 1.54) is 12.4 Å². The molecule has 2 amide bonds. The number of hydrogen-bond donors (Lipinski definition) is 3. The summed E-state index contributed by atoms with van der Waals surface area (Å²) in [5.41, 5.74) is 0.385. The number of aliphatic hydroxyl groups excluding tert-OH is 1. The summed E-state index contributed by atoms with van der Waals surface area (Å²) in [5, 5.41) is 18.3. The third-order valence-electron chi connectivity index (χ3n) is 4.08. The smallest absolute Gasteiger partial charge is 0.319 e. The van der Waals surface area contributed by atoms with E-state index in [0.717, 1.165) is 43.5 Å². The molecule has 0 bridgehead atoms. The number of amides is 2. The number of urea groups is 1. The number of aliphatic hydroxyl groups is 1. The summed E-state index contributed by atoms with van der Waals surface area (Å²) < 4.78 is 25.5. The molecule has 0 aromatic carbocycles. The van der Waals surface area contributed by atoms with Crippen molar-refractivity contribution in [3.8, 4) is 0 Å². The minimum Gasteiger partial charge on any atom is -0.395 e. The van der Waals surface area contributed by atoms with E-state index < -0.39 is 13.0 Å². The van der Waals surface area contributed by atoms with E-state index in [-0.39, 0.29) is 18.7 Å². The number of nitrogens with one attached hydrogen (secondary N) is 2. The van der Waals surface area contributed by atoms with E-state index in [4.69, 9.17) is 0 Å². The van der Waals surface area contributed by atoms with Crippen LogP contribution in [0.2, 0.25) is 0 Å². The maximum absolute atomic E-state index is 12.2. The molecule has 9 heteroatoms. The van der Waals surface area contributed by atoms with Gasteiger partial charge in [-0.2, -0.15) is 5.10 Å². The van der Waals surface area contributed by atoms with Crippen molar-refractivity contribution in [3.05, 3.63) is 12.4 Å². The number of halogens is 2. The zero-order valence-corrected chi connectivity index (χ0v) is 13.6. The fraction of sp³-hybridized carbons (Fsp3) is 0.733. The zero-order chi connectivity index (χ0) is 17.4. The normalized spacial score (nSPS) is 18.2. The summed E-state index contributed by atoms with van der Waals surface area (Å²) in [6, 6.07) is -0.0907. The van der Waals surface area contributed by atoms with Crippen LogP contribution < -0.4 is 10.6 Å². The lowest BCUT2D eigenvalue weighted by Crippen LogP contribution is -2.34. The van der Waals surface area contributed by atoms with Crippen LogP contribution in [-0.2, 0) is 6.54 Å². The predicted molar refractivity (Wildman–Crippen MR) is 86.2 cm³/mol. The van der Waals surface area contributed by atoms with Crippen LogP contribution in [-0.4, -0.2) is 64.5 Å². The van der Waals surface area contributed by atoms with Crippen LogP contribution in [0.25, 0.3) is 0 Å². The molecule has 24 heavy (non-hydrogen) atoms. The lowest BCUT2D eigenvalue weighted by Gasteiger charge is -2.22. The van der Waals surface area contributed by atoms with Crippen LogP contribution in [0.4, 0.5) is 19.3 Å². The van der Waals surface area contributed by atoms with Crippen molar-refractivity contribution in [2.45, 2.75) is 44.7 Å². The second-order valence-electron chi connectivity index (χ2n) is 5.94. The van der Waals surface area contributed by atoms with Gasteiger partial charge in [-0.15, -0.1) is 0 Å². The molecule has 136 valence electrons. The van der Waals surface area contributed by atoms with Crippen LogP contribution >= 0.6 is 0 Å². The number of alkyl halides is 2. The van der Waals surface area contributed by atoms with Gasteiger partial charge in [0.05, 0.1) is 18.5 Å². The van der Waals surface area contributed by atoms with Crippen molar-refractivity contribution in [3.63, 3.8) is 0 Å². The standard InChI is InChI=1S/C15H25F2N5O2/c16-14(17)10-22-9-12(8-19-22)20-15(24)18-5-1-2-6-21-7-3-4-13(21)11-23/h8-9,13-14,23H,1-7,10-11H2,(H2,18,20,24). The summed E-state index contributed by atoms with van der Waals surface area (Å²) in [6.45, 7) is 2.21. The summed E-state index contributed by atoms with van der Waals surface area (Å²) in [6.07, 6.45) is 4.20. The molecule has 0 radical (unpaired) electrons. The molecule has 1 aromatic rings. The van der Waals surface area contributed by atoms with Crippen molar-refractivity contribution in [1.82, 2.24) is 20.0 Å². The molecule has 1 unspecified atom stereocenters. The molecule has 1 aliphatic rings. The Bertz CT molecular complexity index is 512. The average molecular weight is 345 g/mol. The van der Waals surface area contributed by atoms with Gasteiger partial charge in [0.2, 0.25) is 0 Å². The maximum Gasteiger partial charge on any atom is 0.319 e. The Kier molecular flexibility index (Phi) is 7.38. The second kappa shape index (κ2) is 9.53. The van der Waals surface area contributed by atoms with Gasteiger partial charge in [-0.25, -0.2) is 13.6 Å². The Balaban J connectivity index is 1.57. The van der Waals surface area contributed by atoms with Gasteiger partial charge in [-0.05, 0) is 38.8 Å². The Morgan fingerprint density at radius 1 is 1.46 bits per heavy atom. The Labute approximate surface area is 140 Å². The molecule has 0 spiro atoms. The first-order valence-corrected chi connectivity index (χ1v) is 8.29. The first kappa shape index (κ1) is 18.6.